The molecule has 1 aromatic carbocycles. The van der Waals surface area contributed by atoms with Crippen LogP contribution >= 0.6 is 0 Å². The molecule has 3 heteroatoms. The summed E-state index contributed by atoms with van der Waals surface area (Å²) in [5.41, 5.74) is 6.09. The van der Waals surface area contributed by atoms with Crippen LogP contribution in [-0.2, 0) is 0 Å². The average molecular weight is 237 g/mol. The summed E-state index contributed by atoms with van der Waals surface area (Å²) in [7, 11) is 0. The molecule has 0 aliphatic carbocycles. The third-order valence-electron chi connectivity index (χ3n) is 2.82. The van der Waals surface area contributed by atoms with Gasteiger partial charge in [-0.2, -0.15) is 5.26 Å². The van der Waals surface area contributed by atoms with E-state index >= 15 is 0 Å². The first kappa shape index (κ1) is 12.1. The first-order valence-corrected chi connectivity index (χ1v) is 5.81. The Bertz CT molecular complexity index is 584. The topological polar surface area (TPSA) is 48.7 Å². The molecule has 0 unspecified atom stereocenters. The van der Waals surface area contributed by atoms with Crippen LogP contribution < -0.4 is 5.32 Å². The fraction of sp³-hybridized carbons (Fsp3) is 0.200. The lowest BCUT2D eigenvalue weighted by Gasteiger charge is -2.13. The highest BCUT2D eigenvalue weighted by atomic mass is 14.9. The number of aryl methyl sites for hydroxylation is 3. The molecule has 2 rings (SSSR count). The van der Waals surface area contributed by atoms with Crippen LogP contribution in [0.2, 0.25) is 0 Å². The molecule has 0 spiro atoms. The first-order chi connectivity index (χ1) is 8.60. The Hall–Kier alpha value is -2.34. The quantitative estimate of drug-likeness (QED) is 0.867. The number of nitriles is 1. The smallest absolute Gasteiger partial charge is 0.140 e. The lowest BCUT2D eigenvalue weighted by atomic mass is 10.0. The molecule has 0 radical (unpaired) electrons. The molecule has 18 heavy (non-hydrogen) atoms. The summed E-state index contributed by atoms with van der Waals surface area (Å²) in [5.74, 6) is 0. The van der Waals surface area contributed by atoms with E-state index in [-0.39, 0.29) is 0 Å². The van der Waals surface area contributed by atoms with Crippen LogP contribution in [0.1, 0.15) is 22.4 Å². The molecule has 1 N–H and O–H groups in total. The first-order valence-electron chi connectivity index (χ1n) is 5.81. The van der Waals surface area contributed by atoms with Crippen LogP contribution in [0.5, 0.6) is 0 Å². The molecule has 0 saturated heterocycles. The van der Waals surface area contributed by atoms with Gasteiger partial charge in [-0.25, -0.2) is 4.98 Å². The minimum Gasteiger partial charge on any atom is -0.354 e. The van der Waals surface area contributed by atoms with E-state index in [0.717, 1.165) is 11.4 Å². The van der Waals surface area contributed by atoms with Crippen LogP contribution in [0.25, 0.3) is 0 Å². The Labute approximate surface area is 107 Å². The van der Waals surface area contributed by atoms with Gasteiger partial charge in [0.15, 0.2) is 0 Å². The van der Waals surface area contributed by atoms with Crippen LogP contribution in [-0.4, -0.2) is 4.98 Å². The Morgan fingerprint density at radius 1 is 1.11 bits per heavy atom. The van der Waals surface area contributed by atoms with E-state index in [4.69, 9.17) is 5.26 Å². The van der Waals surface area contributed by atoms with E-state index in [1.165, 1.54) is 16.7 Å². The number of hydrogen-bond donors (Lipinski definition) is 1. The minimum absolute atomic E-state index is 0.429. The third-order valence-corrected chi connectivity index (χ3v) is 2.82. The van der Waals surface area contributed by atoms with Gasteiger partial charge in [0.25, 0.3) is 0 Å². The molecule has 0 atom stereocenters. The Kier molecular flexibility index (Phi) is 3.29. The zero-order valence-electron chi connectivity index (χ0n) is 10.8. The van der Waals surface area contributed by atoms with Gasteiger partial charge in [0.1, 0.15) is 11.8 Å². The lowest BCUT2D eigenvalue weighted by Crippen LogP contribution is -1.97. The summed E-state index contributed by atoms with van der Waals surface area (Å²) in [4.78, 5) is 4.05. The monoisotopic (exact) mass is 237 g/mol. The van der Waals surface area contributed by atoms with Crippen molar-refractivity contribution in [2.75, 3.05) is 5.32 Å². The molecule has 90 valence electrons. The van der Waals surface area contributed by atoms with Gasteiger partial charge < -0.3 is 5.32 Å². The second kappa shape index (κ2) is 4.89. The number of pyridine rings is 1. The van der Waals surface area contributed by atoms with Crippen molar-refractivity contribution in [3.8, 4) is 6.07 Å². The van der Waals surface area contributed by atoms with E-state index in [1.54, 1.807) is 12.3 Å². The average Bonchev–Trinajstić information content (AvgIpc) is 2.34. The zero-order chi connectivity index (χ0) is 13.1. The Balaban J connectivity index is 2.31. The third kappa shape index (κ3) is 2.49. The van der Waals surface area contributed by atoms with Crippen molar-refractivity contribution in [1.82, 2.24) is 4.98 Å². The highest BCUT2D eigenvalue weighted by Crippen LogP contribution is 2.25. The SMILES string of the molecule is Cc1cc(C)c(Nc2ccc(C#N)nc2)c(C)c1. The summed E-state index contributed by atoms with van der Waals surface area (Å²) < 4.78 is 0. The van der Waals surface area contributed by atoms with Gasteiger partial charge in [0.2, 0.25) is 0 Å². The molecule has 3 nitrogen and oxygen atoms in total. The molecule has 0 amide bonds. The van der Waals surface area contributed by atoms with Crippen LogP contribution in [0.3, 0.4) is 0 Å². The summed E-state index contributed by atoms with van der Waals surface area (Å²) in [5, 5.41) is 12.1. The molecule has 0 saturated carbocycles. The predicted molar refractivity (Wildman–Crippen MR) is 72.9 cm³/mol. The van der Waals surface area contributed by atoms with Gasteiger partial charge >= 0.3 is 0 Å². The van der Waals surface area contributed by atoms with E-state index in [0.29, 0.717) is 5.69 Å². The molecule has 1 aromatic heterocycles. The maximum Gasteiger partial charge on any atom is 0.140 e. The lowest BCUT2D eigenvalue weighted by molar-refractivity contribution is 1.25. The van der Waals surface area contributed by atoms with E-state index < -0.39 is 0 Å². The van der Waals surface area contributed by atoms with Crippen LogP contribution in [0.15, 0.2) is 30.5 Å². The maximum atomic E-state index is 8.70. The van der Waals surface area contributed by atoms with Gasteiger partial charge in [-0.15, -0.1) is 0 Å². The maximum absolute atomic E-state index is 8.70. The molecule has 1 heterocycles. The number of rotatable bonds is 2. The van der Waals surface area contributed by atoms with Crippen LogP contribution in [0, 0.1) is 32.1 Å². The van der Waals surface area contributed by atoms with Crippen molar-refractivity contribution < 1.29 is 0 Å². The number of benzene rings is 1. The summed E-state index contributed by atoms with van der Waals surface area (Å²) in [6.07, 6.45) is 1.68. The van der Waals surface area contributed by atoms with Gasteiger partial charge in [0, 0.05) is 5.69 Å². The summed E-state index contributed by atoms with van der Waals surface area (Å²) in [6, 6.07) is 9.87. The van der Waals surface area contributed by atoms with E-state index in [2.05, 4.69) is 43.2 Å². The number of anilines is 2. The minimum atomic E-state index is 0.429. The van der Waals surface area contributed by atoms with Crippen molar-refractivity contribution in [2.45, 2.75) is 20.8 Å². The molecule has 0 aliphatic heterocycles. The Morgan fingerprint density at radius 2 is 1.78 bits per heavy atom. The van der Waals surface area contributed by atoms with Gasteiger partial charge in [-0.05, 0) is 44.0 Å². The number of nitrogens with one attached hydrogen (secondary N) is 1. The predicted octanol–water partition coefficient (Wildman–Crippen LogP) is 3.62. The summed E-state index contributed by atoms with van der Waals surface area (Å²) in [6.45, 7) is 6.26. The van der Waals surface area contributed by atoms with E-state index in [9.17, 15) is 0 Å². The second-order valence-electron chi connectivity index (χ2n) is 4.44. The molecular formula is C15H15N3. The van der Waals surface area contributed by atoms with Crippen molar-refractivity contribution in [1.29, 1.82) is 5.26 Å². The summed E-state index contributed by atoms with van der Waals surface area (Å²) >= 11 is 0. The number of hydrogen-bond acceptors (Lipinski definition) is 3. The van der Waals surface area contributed by atoms with Crippen molar-refractivity contribution >= 4 is 11.4 Å². The number of aromatic nitrogens is 1. The Morgan fingerprint density at radius 3 is 2.28 bits per heavy atom. The molecular weight excluding hydrogens is 222 g/mol. The normalized spacial score (nSPS) is 9.89. The van der Waals surface area contributed by atoms with Crippen molar-refractivity contribution in [3.63, 3.8) is 0 Å². The molecule has 2 aromatic rings. The fourth-order valence-corrected chi connectivity index (χ4v) is 2.06. The number of nitrogens with zero attached hydrogens (tertiary/aromatic N) is 2. The highest BCUT2D eigenvalue weighted by Gasteiger charge is 2.04. The largest absolute Gasteiger partial charge is 0.354 e. The molecule has 0 aliphatic rings. The van der Waals surface area contributed by atoms with Gasteiger partial charge in [0.05, 0.1) is 11.9 Å². The van der Waals surface area contributed by atoms with Gasteiger partial charge in [-0.3, -0.25) is 0 Å². The fourth-order valence-electron chi connectivity index (χ4n) is 2.06. The van der Waals surface area contributed by atoms with Crippen molar-refractivity contribution in [3.05, 3.63) is 52.8 Å². The molecule has 0 fully saturated rings. The zero-order valence-corrected chi connectivity index (χ0v) is 10.8. The van der Waals surface area contributed by atoms with Crippen molar-refractivity contribution in [2.24, 2.45) is 0 Å². The van der Waals surface area contributed by atoms with Gasteiger partial charge in [-0.1, -0.05) is 17.7 Å². The molecule has 0 bridgehead atoms. The highest BCUT2D eigenvalue weighted by molar-refractivity contribution is 5.66. The second-order valence-corrected chi connectivity index (χ2v) is 4.44. The standard InChI is InChI=1S/C15H15N3/c1-10-6-11(2)15(12(3)7-10)18-14-5-4-13(8-16)17-9-14/h4-7,9,18H,1-3H3. The van der Waals surface area contributed by atoms with Crippen LogP contribution in [0.4, 0.5) is 11.4 Å². The van der Waals surface area contributed by atoms with E-state index in [1.807, 2.05) is 12.1 Å².